The van der Waals surface area contributed by atoms with Crippen molar-refractivity contribution in [2.75, 3.05) is 19.7 Å². The molecule has 1 aliphatic rings. The molecule has 0 aliphatic carbocycles. The van der Waals surface area contributed by atoms with E-state index in [1.54, 1.807) is 6.26 Å². The number of hydrogen-bond acceptors (Lipinski definition) is 4. The number of hydrogen-bond donors (Lipinski definition) is 2. The Kier molecular flexibility index (Phi) is 5.91. The predicted molar refractivity (Wildman–Crippen MR) is 71.6 cm³/mol. The second-order valence-electron chi connectivity index (χ2n) is 4.83. The molecule has 1 amide bonds. The molecular formula is C14H22N2O3. The Morgan fingerprint density at radius 1 is 1.58 bits per heavy atom. The normalized spacial score (nSPS) is 18.6. The van der Waals surface area contributed by atoms with E-state index in [2.05, 4.69) is 10.6 Å². The zero-order valence-corrected chi connectivity index (χ0v) is 11.2. The average molecular weight is 266 g/mol. The van der Waals surface area contributed by atoms with Crippen molar-refractivity contribution in [3.63, 3.8) is 0 Å². The molecule has 106 valence electrons. The molecule has 1 unspecified atom stereocenters. The second kappa shape index (κ2) is 7.96. The van der Waals surface area contributed by atoms with Crippen molar-refractivity contribution in [2.24, 2.45) is 0 Å². The Labute approximate surface area is 113 Å². The number of furan rings is 1. The van der Waals surface area contributed by atoms with E-state index in [4.69, 9.17) is 9.15 Å². The molecular weight excluding hydrogens is 244 g/mol. The molecule has 0 spiro atoms. The molecule has 1 aliphatic heterocycles. The summed E-state index contributed by atoms with van der Waals surface area (Å²) in [5.41, 5.74) is 0. The summed E-state index contributed by atoms with van der Waals surface area (Å²) >= 11 is 0. The highest BCUT2D eigenvalue weighted by Gasteiger charge is 2.16. The van der Waals surface area contributed by atoms with Gasteiger partial charge in [0.05, 0.1) is 6.26 Å². The fourth-order valence-electron chi connectivity index (χ4n) is 2.20. The van der Waals surface area contributed by atoms with E-state index in [0.29, 0.717) is 32.2 Å². The van der Waals surface area contributed by atoms with Crippen LogP contribution >= 0.6 is 0 Å². The van der Waals surface area contributed by atoms with Crippen LogP contribution < -0.4 is 10.6 Å². The van der Waals surface area contributed by atoms with Gasteiger partial charge in [0.25, 0.3) is 0 Å². The SMILES string of the molecule is O=C(CC1CCCN1)NCCCOCc1ccco1. The van der Waals surface area contributed by atoms with Gasteiger partial charge in [-0.25, -0.2) is 0 Å². The standard InChI is InChI=1S/C14H22N2O3/c17-14(10-12-4-1-6-15-12)16-7-3-8-18-11-13-5-2-9-19-13/h2,5,9,12,15H,1,3-4,6-8,10-11H2,(H,16,17). The topological polar surface area (TPSA) is 63.5 Å². The molecule has 1 aromatic heterocycles. The molecule has 2 rings (SSSR count). The van der Waals surface area contributed by atoms with E-state index in [1.807, 2.05) is 12.1 Å². The van der Waals surface area contributed by atoms with Crippen molar-refractivity contribution < 1.29 is 13.9 Å². The van der Waals surface area contributed by atoms with Crippen LogP contribution in [0.1, 0.15) is 31.4 Å². The van der Waals surface area contributed by atoms with Crippen LogP contribution in [0.3, 0.4) is 0 Å². The Morgan fingerprint density at radius 3 is 3.26 bits per heavy atom. The molecule has 1 aromatic rings. The van der Waals surface area contributed by atoms with Crippen molar-refractivity contribution in [1.82, 2.24) is 10.6 Å². The summed E-state index contributed by atoms with van der Waals surface area (Å²) in [5.74, 6) is 0.960. The quantitative estimate of drug-likeness (QED) is 0.699. The summed E-state index contributed by atoms with van der Waals surface area (Å²) in [6.07, 6.45) is 5.34. The maximum atomic E-state index is 11.6. The second-order valence-corrected chi connectivity index (χ2v) is 4.83. The maximum Gasteiger partial charge on any atom is 0.221 e. The number of ether oxygens (including phenoxy) is 1. The van der Waals surface area contributed by atoms with Crippen LogP contribution in [-0.2, 0) is 16.1 Å². The smallest absolute Gasteiger partial charge is 0.221 e. The molecule has 2 N–H and O–H groups in total. The van der Waals surface area contributed by atoms with Crippen LogP contribution in [0.15, 0.2) is 22.8 Å². The summed E-state index contributed by atoms with van der Waals surface area (Å²) in [6, 6.07) is 4.10. The fourth-order valence-corrected chi connectivity index (χ4v) is 2.20. The van der Waals surface area contributed by atoms with Gasteiger partial charge in [0.1, 0.15) is 12.4 Å². The van der Waals surface area contributed by atoms with Gasteiger partial charge < -0.3 is 19.8 Å². The van der Waals surface area contributed by atoms with Gasteiger partial charge in [0.2, 0.25) is 5.91 Å². The maximum absolute atomic E-state index is 11.6. The molecule has 0 bridgehead atoms. The van der Waals surface area contributed by atoms with Crippen molar-refractivity contribution in [3.8, 4) is 0 Å². The van der Waals surface area contributed by atoms with Gasteiger partial charge in [0.15, 0.2) is 0 Å². The van der Waals surface area contributed by atoms with Crippen molar-refractivity contribution in [3.05, 3.63) is 24.2 Å². The van der Waals surface area contributed by atoms with Gasteiger partial charge in [0, 0.05) is 25.6 Å². The molecule has 19 heavy (non-hydrogen) atoms. The first-order valence-electron chi connectivity index (χ1n) is 6.95. The first kappa shape index (κ1) is 14.1. The minimum Gasteiger partial charge on any atom is -0.467 e. The average Bonchev–Trinajstić information content (AvgIpc) is 3.06. The monoisotopic (exact) mass is 266 g/mol. The molecule has 1 fully saturated rings. The highest BCUT2D eigenvalue weighted by Crippen LogP contribution is 2.08. The Balaban J connectivity index is 1.44. The van der Waals surface area contributed by atoms with Gasteiger partial charge >= 0.3 is 0 Å². The van der Waals surface area contributed by atoms with Crippen LogP contribution in [0, 0.1) is 0 Å². The Morgan fingerprint density at radius 2 is 2.53 bits per heavy atom. The Bertz CT molecular complexity index is 359. The third-order valence-electron chi connectivity index (χ3n) is 3.21. The van der Waals surface area contributed by atoms with Gasteiger partial charge in [-0.15, -0.1) is 0 Å². The lowest BCUT2D eigenvalue weighted by Crippen LogP contribution is -2.32. The number of amides is 1. The van der Waals surface area contributed by atoms with E-state index in [0.717, 1.165) is 25.1 Å². The molecule has 2 heterocycles. The minimum absolute atomic E-state index is 0.130. The third-order valence-corrected chi connectivity index (χ3v) is 3.21. The highest BCUT2D eigenvalue weighted by molar-refractivity contribution is 5.76. The van der Waals surface area contributed by atoms with Gasteiger partial charge in [-0.1, -0.05) is 0 Å². The van der Waals surface area contributed by atoms with Crippen molar-refractivity contribution in [1.29, 1.82) is 0 Å². The van der Waals surface area contributed by atoms with Crippen molar-refractivity contribution in [2.45, 2.75) is 38.3 Å². The van der Waals surface area contributed by atoms with Crippen LogP contribution in [0.25, 0.3) is 0 Å². The minimum atomic E-state index is 0.130. The van der Waals surface area contributed by atoms with Crippen LogP contribution in [0.4, 0.5) is 0 Å². The van der Waals surface area contributed by atoms with Crippen LogP contribution in [0.2, 0.25) is 0 Å². The lowest BCUT2D eigenvalue weighted by Gasteiger charge is -2.10. The Hall–Kier alpha value is -1.33. The van der Waals surface area contributed by atoms with Gasteiger partial charge in [-0.3, -0.25) is 4.79 Å². The molecule has 1 atom stereocenters. The summed E-state index contributed by atoms with van der Waals surface area (Å²) in [7, 11) is 0. The lowest BCUT2D eigenvalue weighted by atomic mass is 10.1. The third kappa shape index (κ3) is 5.44. The first-order valence-corrected chi connectivity index (χ1v) is 6.95. The van der Waals surface area contributed by atoms with E-state index < -0.39 is 0 Å². The summed E-state index contributed by atoms with van der Waals surface area (Å²) < 4.78 is 10.6. The zero-order chi connectivity index (χ0) is 13.3. The number of rotatable bonds is 8. The lowest BCUT2D eigenvalue weighted by molar-refractivity contribution is -0.121. The van der Waals surface area contributed by atoms with E-state index in [9.17, 15) is 4.79 Å². The summed E-state index contributed by atoms with van der Waals surface area (Å²) in [4.78, 5) is 11.6. The fraction of sp³-hybridized carbons (Fsp3) is 0.643. The number of carbonyl (C=O) groups is 1. The largest absolute Gasteiger partial charge is 0.467 e. The van der Waals surface area contributed by atoms with E-state index in [1.165, 1.54) is 6.42 Å². The molecule has 0 radical (unpaired) electrons. The van der Waals surface area contributed by atoms with Gasteiger partial charge in [-0.05, 0) is 37.9 Å². The number of nitrogens with one attached hydrogen (secondary N) is 2. The first-order chi connectivity index (χ1) is 9.34. The van der Waals surface area contributed by atoms with E-state index >= 15 is 0 Å². The van der Waals surface area contributed by atoms with Gasteiger partial charge in [-0.2, -0.15) is 0 Å². The van der Waals surface area contributed by atoms with Crippen LogP contribution in [0.5, 0.6) is 0 Å². The molecule has 5 heteroatoms. The number of carbonyl (C=O) groups excluding carboxylic acids is 1. The predicted octanol–water partition coefficient (Wildman–Crippen LogP) is 1.44. The molecule has 0 saturated carbocycles. The highest BCUT2D eigenvalue weighted by atomic mass is 16.5. The van der Waals surface area contributed by atoms with Crippen molar-refractivity contribution >= 4 is 5.91 Å². The summed E-state index contributed by atoms with van der Waals surface area (Å²) in [6.45, 7) is 2.83. The summed E-state index contributed by atoms with van der Waals surface area (Å²) in [5, 5.41) is 6.24. The molecule has 5 nitrogen and oxygen atoms in total. The molecule has 0 aromatic carbocycles. The molecule has 1 saturated heterocycles. The zero-order valence-electron chi connectivity index (χ0n) is 11.2. The van der Waals surface area contributed by atoms with E-state index in [-0.39, 0.29) is 5.91 Å². The van der Waals surface area contributed by atoms with Crippen LogP contribution in [-0.4, -0.2) is 31.6 Å².